The molecule has 1 amide bonds. The molecule has 3 heteroatoms. The van der Waals surface area contributed by atoms with Gasteiger partial charge in [0.25, 0.3) is 0 Å². The maximum atomic E-state index is 12.1. The second kappa shape index (κ2) is 2.83. The zero-order valence-corrected chi connectivity index (χ0v) is 8.76. The van der Waals surface area contributed by atoms with Gasteiger partial charge in [0.2, 0.25) is 5.91 Å². The van der Waals surface area contributed by atoms with E-state index in [2.05, 4.69) is 23.6 Å². The van der Waals surface area contributed by atoms with Crippen LogP contribution in [0.2, 0.25) is 0 Å². The average Bonchev–Trinajstić information content (AvgIpc) is 2.77. The lowest BCUT2D eigenvalue weighted by molar-refractivity contribution is -0.120. The van der Waals surface area contributed by atoms with Crippen LogP contribution in [0.5, 0.6) is 0 Å². The van der Waals surface area contributed by atoms with E-state index in [1.165, 1.54) is 11.1 Å². The monoisotopic (exact) mass is 202 g/mol. The van der Waals surface area contributed by atoms with Gasteiger partial charge in [-0.15, -0.1) is 0 Å². The van der Waals surface area contributed by atoms with E-state index in [-0.39, 0.29) is 11.3 Å². The fourth-order valence-electron chi connectivity index (χ4n) is 2.86. The molecule has 0 radical (unpaired) electrons. The molecule has 1 spiro atoms. The van der Waals surface area contributed by atoms with Gasteiger partial charge >= 0.3 is 0 Å². The zero-order valence-electron chi connectivity index (χ0n) is 8.76. The van der Waals surface area contributed by atoms with Gasteiger partial charge in [-0.1, -0.05) is 12.1 Å². The molecule has 0 bridgehead atoms. The van der Waals surface area contributed by atoms with Crippen LogP contribution in [-0.4, -0.2) is 19.0 Å². The number of carbonyl (C=O) groups is 1. The summed E-state index contributed by atoms with van der Waals surface area (Å²) < 4.78 is 0. The van der Waals surface area contributed by atoms with E-state index in [9.17, 15) is 4.79 Å². The van der Waals surface area contributed by atoms with Gasteiger partial charge in [0.15, 0.2) is 0 Å². The lowest BCUT2D eigenvalue weighted by Gasteiger charge is -2.21. The van der Waals surface area contributed by atoms with Crippen LogP contribution in [0.4, 0.5) is 5.69 Å². The molecule has 15 heavy (non-hydrogen) atoms. The first-order valence-corrected chi connectivity index (χ1v) is 5.36. The van der Waals surface area contributed by atoms with Gasteiger partial charge in [0, 0.05) is 12.2 Å². The summed E-state index contributed by atoms with van der Waals surface area (Å²) in [6.45, 7) is 3.79. The number of benzene rings is 1. The van der Waals surface area contributed by atoms with Crippen LogP contribution in [0.3, 0.4) is 0 Å². The summed E-state index contributed by atoms with van der Waals surface area (Å²) in [5, 5.41) is 6.28. The van der Waals surface area contributed by atoms with Crippen molar-refractivity contribution in [2.45, 2.75) is 18.8 Å². The smallest absolute Gasteiger partial charge is 0.236 e. The van der Waals surface area contributed by atoms with Gasteiger partial charge in [-0.25, -0.2) is 0 Å². The van der Waals surface area contributed by atoms with Crippen molar-refractivity contribution in [3.05, 3.63) is 29.3 Å². The lowest BCUT2D eigenvalue weighted by Crippen LogP contribution is -2.36. The first-order chi connectivity index (χ1) is 7.24. The summed E-state index contributed by atoms with van der Waals surface area (Å²) in [4.78, 5) is 12.1. The van der Waals surface area contributed by atoms with Crippen molar-refractivity contribution in [3.63, 3.8) is 0 Å². The van der Waals surface area contributed by atoms with Crippen molar-refractivity contribution >= 4 is 11.6 Å². The van der Waals surface area contributed by atoms with E-state index in [0.29, 0.717) is 0 Å². The van der Waals surface area contributed by atoms with E-state index < -0.39 is 0 Å². The number of carbonyl (C=O) groups excluding carboxylic acids is 1. The van der Waals surface area contributed by atoms with Crippen LogP contribution in [0.15, 0.2) is 18.2 Å². The third-order valence-electron chi connectivity index (χ3n) is 3.59. The summed E-state index contributed by atoms with van der Waals surface area (Å²) in [6, 6.07) is 6.07. The summed E-state index contributed by atoms with van der Waals surface area (Å²) in [5.74, 6) is 0.164. The Labute approximate surface area is 88.9 Å². The minimum atomic E-state index is -0.291. The molecule has 1 aromatic rings. The number of hydrogen-bond acceptors (Lipinski definition) is 2. The SMILES string of the molecule is Cc1cccc2c1C1(CCNC1)C(=O)N2. The third kappa shape index (κ3) is 1.01. The molecular formula is C12H14N2O. The van der Waals surface area contributed by atoms with Gasteiger partial charge in [-0.2, -0.15) is 0 Å². The van der Waals surface area contributed by atoms with Gasteiger partial charge < -0.3 is 10.6 Å². The number of hydrogen-bond donors (Lipinski definition) is 2. The van der Waals surface area contributed by atoms with Crippen LogP contribution < -0.4 is 10.6 Å². The highest BCUT2D eigenvalue weighted by Crippen LogP contribution is 2.43. The Kier molecular flexibility index (Phi) is 1.68. The van der Waals surface area contributed by atoms with Crippen molar-refractivity contribution in [1.29, 1.82) is 0 Å². The largest absolute Gasteiger partial charge is 0.325 e. The molecule has 1 fully saturated rings. The third-order valence-corrected chi connectivity index (χ3v) is 3.59. The Morgan fingerprint density at radius 2 is 2.27 bits per heavy atom. The van der Waals surface area contributed by atoms with Crippen LogP contribution in [0, 0.1) is 6.92 Å². The van der Waals surface area contributed by atoms with E-state index in [1.807, 2.05) is 12.1 Å². The molecule has 1 aromatic carbocycles. The minimum absolute atomic E-state index is 0.164. The lowest BCUT2D eigenvalue weighted by atomic mass is 9.79. The van der Waals surface area contributed by atoms with E-state index in [1.54, 1.807) is 0 Å². The fraction of sp³-hybridized carbons (Fsp3) is 0.417. The van der Waals surface area contributed by atoms with E-state index >= 15 is 0 Å². The van der Waals surface area contributed by atoms with Crippen molar-refractivity contribution < 1.29 is 4.79 Å². The van der Waals surface area contributed by atoms with Gasteiger partial charge in [-0.05, 0) is 37.1 Å². The molecule has 1 saturated heterocycles. The van der Waals surface area contributed by atoms with Crippen molar-refractivity contribution in [3.8, 4) is 0 Å². The quantitative estimate of drug-likeness (QED) is 0.663. The average molecular weight is 202 g/mol. The number of nitrogens with one attached hydrogen (secondary N) is 2. The van der Waals surface area contributed by atoms with Crippen LogP contribution in [0.25, 0.3) is 0 Å². The van der Waals surface area contributed by atoms with Crippen LogP contribution in [0.1, 0.15) is 17.5 Å². The Hall–Kier alpha value is -1.35. The summed E-state index contributed by atoms with van der Waals surface area (Å²) >= 11 is 0. The maximum absolute atomic E-state index is 12.1. The first-order valence-electron chi connectivity index (χ1n) is 5.36. The Morgan fingerprint density at radius 3 is 3.00 bits per heavy atom. The van der Waals surface area contributed by atoms with Crippen molar-refractivity contribution in [2.75, 3.05) is 18.4 Å². The second-order valence-corrected chi connectivity index (χ2v) is 4.46. The van der Waals surface area contributed by atoms with Gasteiger partial charge in [0.05, 0.1) is 5.41 Å². The molecule has 0 aliphatic carbocycles. The molecule has 3 rings (SSSR count). The molecule has 78 valence electrons. The van der Waals surface area contributed by atoms with Gasteiger partial charge in [-0.3, -0.25) is 4.79 Å². The second-order valence-electron chi connectivity index (χ2n) is 4.46. The number of anilines is 1. The highest BCUT2D eigenvalue weighted by atomic mass is 16.2. The van der Waals surface area contributed by atoms with E-state index in [4.69, 9.17) is 0 Å². The molecule has 0 saturated carbocycles. The van der Waals surface area contributed by atoms with Gasteiger partial charge in [0.1, 0.15) is 0 Å². The van der Waals surface area contributed by atoms with Crippen LogP contribution >= 0.6 is 0 Å². The summed E-state index contributed by atoms with van der Waals surface area (Å²) in [5.41, 5.74) is 3.14. The van der Waals surface area contributed by atoms with Crippen molar-refractivity contribution in [2.24, 2.45) is 0 Å². The fourth-order valence-corrected chi connectivity index (χ4v) is 2.86. The Balaban J connectivity index is 2.24. The van der Waals surface area contributed by atoms with E-state index in [0.717, 1.165) is 25.2 Å². The number of fused-ring (bicyclic) bond motifs is 2. The highest BCUT2D eigenvalue weighted by Gasteiger charge is 2.49. The minimum Gasteiger partial charge on any atom is -0.325 e. The maximum Gasteiger partial charge on any atom is 0.236 e. The number of aryl methyl sites for hydroxylation is 1. The van der Waals surface area contributed by atoms with Crippen molar-refractivity contribution in [1.82, 2.24) is 5.32 Å². The molecule has 0 aromatic heterocycles. The number of amides is 1. The summed E-state index contributed by atoms with van der Waals surface area (Å²) in [6.07, 6.45) is 0.913. The number of rotatable bonds is 0. The summed E-state index contributed by atoms with van der Waals surface area (Å²) in [7, 11) is 0. The Bertz CT molecular complexity index is 433. The molecule has 3 nitrogen and oxygen atoms in total. The zero-order chi connectivity index (χ0) is 10.5. The normalized spacial score (nSPS) is 28.2. The predicted molar refractivity (Wildman–Crippen MR) is 59.0 cm³/mol. The molecule has 2 aliphatic rings. The van der Waals surface area contributed by atoms with Crippen LogP contribution in [-0.2, 0) is 10.2 Å². The first kappa shape index (κ1) is 8.92. The topological polar surface area (TPSA) is 41.1 Å². The molecule has 2 aliphatic heterocycles. The Morgan fingerprint density at radius 1 is 1.40 bits per heavy atom. The molecular weight excluding hydrogens is 188 g/mol. The standard InChI is InChI=1S/C12H14N2O/c1-8-3-2-4-9-10(8)12(11(15)14-9)5-6-13-7-12/h2-4,13H,5-7H2,1H3,(H,14,15). The predicted octanol–water partition coefficient (Wildman–Crippen LogP) is 1.18. The molecule has 2 heterocycles. The molecule has 1 unspecified atom stereocenters. The molecule has 2 N–H and O–H groups in total. The molecule has 1 atom stereocenters. The highest BCUT2D eigenvalue weighted by molar-refractivity contribution is 6.07.